The van der Waals surface area contributed by atoms with Crippen molar-refractivity contribution in [1.29, 1.82) is 0 Å². The van der Waals surface area contributed by atoms with E-state index in [1.54, 1.807) is 8.61 Å². The second kappa shape index (κ2) is 6.50. The minimum atomic E-state index is -3.32. The van der Waals surface area contributed by atoms with E-state index in [0.717, 1.165) is 25.9 Å². The molecule has 0 aromatic carbocycles. The maximum absolute atomic E-state index is 12.9. The van der Waals surface area contributed by atoms with Gasteiger partial charge in [-0.15, -0.1) is 0 Å². The predicted octanol–water partition coefficient (Wildman–Crippen LogP) is 0.189. The van der Waals surface area contributed by atoms with Gasteiger partial charge in [-0.1, -0.05) is 0 Å². The van der Waals surface area contributed by atoms with Crippen molar-refractivity contribution in [2.24, 2.45) is 5.92 Å². The van der Waals surface area contributed by atoms with E-state index in [4.69, 9.17) is 0 Å². The molecule has 2 saturated heterocycles. The van der Waals surface area contributed by atoms with Crippen molar-refractivity contribution in [2.75, 3.05) is 53.4 Å². The minimum Gasteiger partial charge on any atom is -0.319 e. The van der Waals surface area contributed by atoms with Crippen LogP contribution in [0, 0.1) is 5.92 Å². The van der Waals surface area contributed by atoms with Crippen molar-refractivity contribution in [1.82, 2.24) is 18.8 Å². The largest absolute Gasteiger partial charge is 0.319 e. The van der Waals surface area contributed by atoms with Crippen LogP contribution in [-0.4, -0.2) is 80.8 Å². The summed E-state index contributed by atoms with van der Waals surface area (Å²) in [6.45, 7) is 8.36. The average Bonchev–Trinajstić information content (AvgIpc) is 2.42. The number of hydrogen-bond donors (Lipinski definition) is 1. The highest BCUT2D eigenvalue weighted by Crippen LogP contribution is 2.25. The highest BCUT2D eigenvalue weighted by atomic mass is 32.2. The molecular formula is C14H30N4O2S. The molecule has 0 bridgehead atoms. The summed E-state index contributed by atoms with van der Waals surface area (Å²) in [5, 5.41) is 3.17. The zero-order valence-electron chi connectivity index (χ0n) is 13.8. The molecule has 2 aliphatic heterocycles. The Morgan fingerprint density at radius 3 is 2.52 bits per heavy atom. The van der Waals surface area contributed by atoms with Gasteiger partial charge in [-0.3, -0.25) is 4.90 Å². The first-order valence-electron chi connectivity index (χ1n) is 7.88. The molecule has 2 fully saturated rings. The first-order valence-corrected chi connectivity index (χ1v) is 9.28. The Morgan fingerprint density at radius 2 is 1.90 bits per heavy atom. The third-order valence-corrected chi connectivity index (χ3v) is 6.86. The monoisotopic (exact) mass is 318 g/mol. The zero-order chi connectivity index (χ0) is 15.7. The smallest absolute Gasteiger partial charge is 0.282 e. The number of nitrogens with zero attached hydrogens (tertiary/aromatic N) is 3. The number of likely N-dealkylation sites (N-methyl/N-ethyl adjacent to an activating group) is 1. The van der Waals surface area contributed by atoms with E-state index in [9.17, 15) is 8.42 Å². The molecule has 0 spiro atoms. The summed E-state index contributed by atoms with van der Waals surface area (Å²) in [6.07, 6.45) is 2.07. The van der Waals surface area contributed by atoms with Gasteiger partial charge < -0.3 is 5.32 Å². The highest BCUT2D eigenvalue weighted by Gasteiger charge is 2.40. The van der Waals surface area contributed by atoms with Gasteiger partial charge in [0, 0.05) is 38.3 Å². The molecule has 0 amide bonds. The van der Waals surface area contributed by atoms with Crippen LogP contribution in [0.25, 0.3) is 0 Å². The summed E-state index contributed by atoms with van der Waals surface area (Å²) in [6, 6.07) is 0. The van der Waals surface area contributed by atoms with Gasteiger partial charge in [-0.05, 0) is 53.2 Å². The molecule has 7 heteroatoms. The van der Waals surface area contributed by atoms with Crippen LogP contribution in [0.1, 0.15) is 26.7 Å². The first kappa shape index (κ1) is 17.1. The molecule has 2 aliphatic rings. The summed E-state index contributed by atoms with van der Waals surface area (Å²) < 4.78 is 29.2. The Labute approximate surface area is 129 Å². The molecule has 124 valence electrons. The SMILES string of the molecule is CNCC1CCCN(S(=O)(=O)N2CCN(C)C(C)(C)C2)C1. The molecular weight excluding hydrogens is 288 g/mol. The normalized spacial score (nSPS) is 29.6. The zero-order valence-corrected chi connectivity index (χ0v) is 14.6. The fraction of sp³-hybridized carbons (Fsp3) is 1.00. The van der Waals surface area contributed by atoms with Crippen LogP contribution in [0.5, 0.6) is 0 Å². The summed E-state index contributed by atoms with van der Waals surface area (Å²) in [7, 11) is 0.672. The lowest BCUT2D eigenvalue weighted by atomic mass is 10.00. The predicted molar refractivity (Wildman–Crippen MR) is 85.4 cm³/mol. The van der Waals surface area contributed by atoms with Crippen molar-refractivity contribution >= 4 is 10.2 Å². The van der Waals surface area contributed by atoms with Crippen LogP contribution in [0.2, 0.25) is 0 Å². The van der Waals surface area contributed by atoms with Gasteiger partial charge in [-0.25, -0.2) is 0 Å². The molecule has 2 heterocycles. The van der Waals surface area contributed by atoms with Crippen LogP contribution < -0.4 is 5.32 Å². The summed E-state index contributed by atoms with van der Waals surface area (Å²) >= 11 is 0. The van der Waals surface area contributed by atoms with Gasteiger partial charge in [0.2, 0.25) is 0 Å². The fourth-order valence-corrected chi connectivity index (χ4v) is 5.12. The third-order valence-electron chi connectivity index (χ3n) is 4.91. The highest BCUT2D eigenvalue weighted by molar-refractivity contribution is 7.86. The van der Waals surface area contributed by atoms with Gasteiger partial charge >= 0.3 is 0 Å². The second-order valence-electron chi connectivity index (χ2n) is 7.00. The molecule has 0 saturated carbocycles. The first-order chi connectivity index (χ1) is 9.77. The summed E-state index contributed by atoms with van der Waals surface area (Å²) in [5.41, 5.74) is -0.106. The van der Waals surface area contributed by atoms with Gasteiger partial charge in [0.1, 0.15) is 0 Å². The second-order valence-corrected chi connectivity index (χ2v) is 8.93. The molecule has 1 N–H and O–H groups in total. The van der Waals surface area contributed by atoms with E-state index >= 15 is 0 Å². The van der Waals surface area contributed by atoms with Crippen LogP contribution in [0.15, 0.2) is 0 Å². The van der Waals surface area contributed by atoms with E-state index in [-0.39, 0.29) is 5.54 Å². The van der Waals surface area contributed by atoms with Crippen LogP contribution in [0.3, 0.4) is 0 Å². The summed E-state index contributed by atoms with van der Waals surface area (Å²) in [4.78, 5) is 2.24. The Morgan fingerprint density at radius 1 is 1.19 bits per heavy atom. The molecule has 0 aromatic heterocycles. The molecule has 21 heavy (non-hydrogen) atoms. The number of hydrogen-bond acceptors (Lipinski definition) is 4. The Bertz CT molecular complexity index is 450. The fourth-order valence-electron chi connectivity index (χ4n) is 3.25. The van der Waals surface area contributed by atoms with E-state index in [1.807, 2.05) is 7.05 Å². The quantitative estimate of drug-likeness (QED) is 0.804. The van der Waals surface area contributed by atoms with E-state index in [1.165, 1.54) is 0 Å². The van der Waals surface area contributed by atoms with Crippen molar-refractivity contribution in [3.05, 3.63) is 0 Å². The molecule has 6 nitrogen and oxygen atoms in total. The maximum atomic E-state index is 12.9. The molecule has 0 aromatic rings. The Hall–Kier alpha value is -0.210. The molecule has 2 rings (SSSR count). The number of piperidine rings is 1. The van der Waals surface area contributed by atoms with Gasteiger partial charge in [0.25, 0.3) is 10.2 Å². The van der Waals surface area contributed by atoms with E-state index < -0.39 is 10.2 Å². The molecule has 1 unspecified atom stereocenters. The number of rotatable bonds is 4. The maximum Gasteiger partial charge on any atom is 0.282 e. The Balaban J connectivity index is 2.07. The van der Waals surface area contributed by atoms with Gasteiger partial charge in [0.15, 0.2) is 0 Å². The topological polar surface area (TPSA) is 55.9 Å². The van der Waals surface area contributed by atoms with Crippen molar-refractivity contribution in [3.63, 3.8) is 0 Å². The van der Waals surface area contributed by atoms with Gasteiger partial charge in [0.05, 0.1) is 0 Å². The van der Waals surface area contributed by atoms with Crippen molar-refractivity contribution in [3.8, 4) is 0 Å². The number of piperazine rings is 1. The Kier molecular flexibility index (Phi) is 5.31. The van der Waals surface area contributed by atoms with Crippen molar-refractivity contribution < 1.29 is 8.42 Å². The lowest BCUT2D eigenvalue weighted by Crippen LogP contribution is -2.61. The minimum absolute atomic E-state index is 0.106. The summed E-state index contributed by atoms with van der Waals surface area (Å²) in [5.74, 6) is 0.430. The van der Waals surface area contributed by atoms with Crippen LogP contribution in [0.4, 0.5) is 0 Å². The van der Waals surface area contributed by atoms with Crippen molar-refractivity contribution in [2.45, 2.75) is 32.2 Å². The van der Waals surface area contributed by atoms with Gasteiger partial charge in [-0.2, -0.15) is 17.0 Å². The van der Waals surface area contributed by atoms with E-state index in [2.05, 4.69) is 31.1 Å². The lowest BCUT2D eigenvalue weighted by molar-refractivity contribution is 0.0754. The molecule has 0 radical (unpaired) electrons. The van der Waals surface area contributed by atoms with E-state index in [0.29, 0.717) is 32.1 Å². The third kappa shape index (κ3) is 3.76. The molecule has 0 aliphatic carbocycles. The number of nitrogens with one attached hydrogen (secondary N) is 1. The standard InChI is InChI=1S/C14H30N4O2S/c1-14(2)12-18(9-8-16(14)4)21(19,20)17-7-5-6-13(11-17)10-15-3/h13,15H,5-12H2,1-4H3. The van der Waals surface area contributed by atoms with Crippen LogP contribution >= 0.6 is 0 Å². The molecule has 1 atom stereocenters. The van der Waals surface area contributed by atoms with Crippen LogP contribution in [-0.2, 0) is 10.2 Å². The lowest BCUT2D eigenvalue weighted by Gasteiger charge is -2.46. The average molecular weight is 318 g/mol.